The van der Waals surface area contributed by atoms with Gasteiger partial charge in [0.25, 0.3) is 0 Å². The molecule has 0 bridgehead atoms. The fourth-order valence-electron chi connectivity index (χ4n) is 2.45. The standard InChI is InChI=1S/C18H21NO5S/c1-23-14-7-5-12(10-15(14)24-2)6-8-17(20)19-13(11-18(21)22)16-4-3-9-25-16/h3-5,7,9-10,13H,6,8,11H2,1-2H3,(H,19,20)(H,21,22)/t13-/m0/s1. The molecule has 25 heavy (non-hydrogen) atoms. The molecule has 0 saturated carbocycles. The third kappa shape index (κ3) is 5.49. The van der Waals surface area contributed by atoms with Crippen LogP contribution in [0, 0.1) is 0 Å². The fourth-order valence-corrected chi connectivity index (χ4v) is 3.23. The number of ether oxygens (including phenoxy) is 2. The summed E-state index contributed by atoms with van der Waals surface area (Å²) >= 11 is 1.43. The zero-order valence-electron chi connectivity index (χ0n) is 14.2. The van der Waals surface area contributed by atoms with E-state index in [4.69, 9.17) is 14.6 Å². The van der Waals surface area contributed by atoms with Gasteiger partial charge in [-0.05, 0) is 35.6 Å². The van der Waals surface area contributed by atoms with Crippen LogP contribution in [0.4, 0.5) is 0 Å². The topological polar surface area (TPSA) is 84.9 Å². The number of methoxy groups -OCH3 is 2. The van der Waals surface area contributed by atoms with Gasteiger partial charge in [0.05, 0.1) is 26.7 Å². The van der Waals surface area contributed by atoms with Crippen molar-refractivity contribution in [1.82, 2.24) is 5.32 Å². The highest BCUT2D eigenvalue weighted by Gasteiger charge is 2.19. The van der Waals surface area contributed by atoms with Gasteiger partial charge in [0.2, 0.25) is 5.91 Å². The summed E-state index contributed by atoms with van der Waals surface area (Å²) < 4.78 is 10.4. The molecule has 1 heterocycles. The number of aryl methyl sites for hydroxylation is 1. The molecular weight excluding hydrogens is 342 g/mol. The molecule has 0 fully saturated rings. The van der Waals surface area contributed by atoms with E-state index in [2.05, 4.69) is 5.32 Å². The largest absolute Gasteiger partial charge is 0.493 e. The Hall–Kier alpha value is -2.54. The summed E-state index contributed by atoms with van der Waals surface area (Å²) in [4.78, 5) is 24.1. The fraction of sp³-hybridized carbons (Fsp3) is 0.333. The normalized spacial score (nSPS) is 11.6. The van der Waals surface area contributed by atoms with Crippen LogP contribution in [0.3, 0.4) is 0 Å². The smallest absolute Gasteiger partial charge is 0.305 e. The molecule has 1 aromatic carbocycles. The van der Waals surface area contributed by atoms with Crippen LogP contribution >= 0.6 is 11.3 Å². The highest BCUT2D eigenvalue weighted by Crippen LogP contribution is 2.28. The highest BCUT2D eigenvalue weighted by atomic mass is 32.1. The molecule has 2 rings (SSSR count). The average molecular weight is 363 g/mol. The molecule has 134 valence electrons. The number of nitrogens with one attached hydrogen (secondary N) is 1. The van der Waals surface area contributed by atoms with Crippen molar-refractivity contribution < 1.29 is 24.2 Å². The number of hydrogen-bond acceptors (Lipinski definition) is 5. The van der Waals surface area contributed by atoms with Crippen molar-refractivity contribution in [2.24, 2.45) is 0 Å². The van der Waals surface area contributed by atoms with Gasteiger partial charge >= 0.3 is 5.97 Å². The molecule has 0 aliphatic rings. The monoisotopic (exact) mass is 363 g/mol. The lowest BCUT2D eigenvalue weighted by atomic mass is 10.1. The Kier molecular flexibility index (Phi) is 6.82. The quantitative estimate of drug-likeness (QED) is 0.715. The third-order valence-electron chi connectivity index (χ3n) is 3.69. The molecule has 0 spiro atoms. The van der Waals surface area contributed by atoms with Gasteiger partial charge in [-0.15, -0.1) is 11.3 Å². The maximum Gasteiger partial charge on any atom is 0.305 e. The van der Waals surface area contributed by atoms with E-state index in [1.807, 2.05) is 29.6 Å². The first-order valence-electron chi connectivity index (χ1n) is 7.79. The first-order chi connectivity index (χ1) is 12.0. The number of carbonyl (C=O) groups is 2. The van der Waals surface area contributed by atoms with Crippen LogP contribution in [0.15, 0.2) is 35.7 Å². The van der Waals surface area contributed by atoms with Gasteiger partial charge in [-0.2, -0.15) is 0 Å². The molecule has 6 nitrogen and oxygen atoms in total. The Morgan fingerprint density at radius 3 is 2.56 bits per heavy atom. The number of benzene rings is 1. The summed E-state index contributed by atoms with van der Waals surface area (Å²) in [6.45, 7) is 0. The molecule has 0 unspecified atom stereocenters. The summed E-state index contributed by atoms with van der Waals surface area (Å²) in [5, 5.41) is 13.7. The Morgan fingerprint density at radius 2 is 1.96 bits per heavy atom. The van der Waals surface area contributed by atoms with Crippen molar-refractivity contribution in [2.75, 3.05) is 14.2 Å². The minimum atomic E-state index is -0.946. The van der Waals surface area contributed by atoms with Crippen molar-refractivity contribution in [3.63, 3.8) is 0 Å². The molecule has 0 aliphatic carbocycles. The second-order valence-electron chi connectivity index (χ2n) is 5.42. The molecule has 7 heteroatoms. The third-order valence-corrected chi connectivity index (χ3v) is 4.68. The maximum absolute atomic E-state index is 12.2. The molecule has 0 radical (unpaired) electrons. The van der Waals surface area contributed by atoms with E-state index in [1.54, 1.807) is 20.3 Å². The number of rotatable bonds is 9. The van der Waals surface area contributed by atoms with E-state index >= 15 is 0 Å². The van der Waals surface area contributed by atoms with Crippen LogP contribution in [0.1, 0.15) is 29.3 Å². The highest BCUT2D eigenvalue weighted by molar-refractivity contribution is 7.10. The molecular formula is C18H21NO5S. The lowest BCUT2D eigenvalue weighted by Gasteiger charge is -2.15. The van der Waals surface area contributed by atoms with E-state index in [0.717, 1.165) is 10.4 Å². The van der Waals surface area contributed by atoms with E-state index in [-0.39, 0.29) is 18.7 Å². The van der Waals surface area contributed by atoms with Crippen molar-refractivity contribution in [3.05, 3.63) is 46.2 Å². The van der Waals surface area contributed by atoms with Gasteiger partial charge < -0.3 is 19.9 Å². The molecule has 2 N–H and O–H groups in total. The Labute approximate surface area is 150 Å². The van der Waals surface area contributed by atoms with Crippen LogP contribution in [0.25, 0.3) is 0 Å². The number of aliphatic carboxylic acids is 1. The van der Waals surface area contributed by atoms with Crippen LogP contribution in [-0.4, -0.2) is 31.2 Å². The number of amides is 1. The minimum Gasteiger partial charge on any atom is -0.493 e. The van der Waals surface area contributed by atoms with Gasteiger partial charge in [0, 0.05) is 11.3 Å². The van der Waals surface area contributed by atoms with E-state index < -0.39 is 12.0 Å². The van der Waals surface area contributed by atoms with Crippen molar-refractivity contribution in [2.45, 2.75) is 25.3 Å². The van der Waals surface area contributed by atoms with E-state index in [0.29, 0.717) is 17.9 Å². The summed E-state index contributed by atoms with van der Waals surface area (Å²) in [7, 11) is 3.13. The lowest BCUT2D eigenvalue weighted by molar-refractivity contribution is -0.137. The first-order valence-corrected chi connectivity index (χ1v) is 8.67. The minimum absolute atomic E-state index is 0.136. The Morgan fingerprint density at radius 1 is 1.20 bits per heavy atom. The number of thiophene rings is 1. The number of carbonyl (C=O) groups excluding carboxylic acids is 1. The summed E-state index contributed by atoms with van der Waals surface area (Å²) in [6.07, 6.45) is 0.649. The summed E-state index contributed by atoms with van der Waals surface area (Å²) in [5.74, 6) is 0.116. The van der Waals surface area contributed by atoms with Gasteiger partial charge in [-0.25, -0.2) is 0 Å². The maximum atomic E-state index is 12.2. The SMILES string of the molecule is COc1ccc(CCC(=O)N[C@@H](CC(=O)O)c2cccs2)cc1OC. The Bertz CT molecular complexity index is 714. The Balaban J connectivity index is 1.96. The van der Waals surface area contributed by atoms with Gasteiger partial charge in [0.1, 0.15) is 0 Å². The predicted octanol–water partition coefficient (Wildman–Crippen LogP) is 3.03. The molecule has 0 saturated heterocycles. The zero-order valence-corrected chi connectivity index (χ0v) is 15.0. The van der Waals surface area contributed by atoms with Crippen molar-refractivity contribution >= 4 is 23.2 Å². The van der Waals surface area contributed by atoms with Crippen molar-refractivity contribution in [3.8, 4) is 11.5 Å². The van der Waals surface area contributed by atoms with Gasteiger partial charge in [-0.1, -0.05) is 12.1 Å². The number of carboxylic acid groups (broad SMARTS) is 1. The van der Waals surface area contributed by atoms with Gasteiger partial charge in [-0.3, -0.25) is 9.59 Å². The average Bonchev–Trinajstić information content (AvgIpc) is 3.13. The molecule has 0 aliphatic heterocycles. The molecule has 1 atom stereocenters. The second-order valence-corrected chi connectivity index (χ2v) is 6.40. The zero-order chi connectivity index (χ0) is 18.2. The summed E-state index contributed by atoms with van der Waals surface area (Å²) in [6, 6.07) is 8.67. The van der Waals surface area contributed by atoms with E-state index in [1.165, 1.54) is 11.3 Å². The number of hydrogen-bond donors (Lipinski definition) is 2. The molecule has 1 aromatic heterocycles. The predicted molar refractivity (Wildman–Crippen MR) is 95.3 cm³/mol. The van der Waals surface area contributed by atoms with E-state index in [9.17, 15) is 9.59 Å². The second kappa shape index (κ2) is 9.08. The number of carboxylic acids is 1. The van der Waals surface area contributed by atoms with Crippen LogP contribution in [0.2, 0.25) is 0 Å². The van der Waals surface area contributed by atoms with Gasteiger partial charge in [0.15, 0.2) is 11.5 Å². The molecule has 1 amide bonds. The lowest BCUT2D eigenvalue weighted by Crippen LogP contribution is -2.29. The van der Waals surface area contributed by atoms with Crippen LogP contribution < -0.4 is 14.8 Å². The molecule has 2 aromatic rings. The van der Waals surface area contributed by atoms with Crippen LogP contribution in [0.5, 0.6) is 11.5 Å². The van der Waals surface area contributed by atoms with Crippen molar-refractivity contribution in [1.29, 1.82) is 0 Å². The first kappa shape index (κ1) is 18.8. The van der Waals surface area contributed by atoms with Crippen LogP contribution in [-0.2, 0) is 16.0 Å². The summed E-state index contributed by atoms with van der Waals surface area (Å²) in [5.41, 5.74) is 0.943.